The van der Waals surface area contributed by atoms with E-state index in [2.05, 4.69) is 5.10 Å². The number of alkyl halides is 2. The van der Waals surface area contributed by atoms with E-state index in [0.717, 1.165) is 6.20 Å². The van der Waals surface area contributed by atoms with E-state index < -0.39 is 12.2 Å². The lowest BCUT2D eigenvalue weighted by Crippen LogP contribution is -2.09. The first-order chi connectivity index (χ1) is 6.70. The smallest absolute Gasteiger partial charge is 0.288 e. The molecule has 0 spiro atoms. The first-order valence-electron chi connectivity index (χ1n) is 3.95. The van der Waals surface area contributed by atoms with Crippen LogP contribution in [-0.2, 0) is 0 Å². The average molecular weight is 196 g/mol. The predicted octanol–water partition coefficient (Wildman–Crippen LogP) is 1.78. The standard InChI is InChI=1S/C9H6F2N2O/c10-9(11)8(14)6-5-12-13-4-2-1-3-7(6)13/h1-5,9H. The van der Waals surface area contributed by atoms with Crippen molar-refractivity contribution in [1.82, 2.24) is 9.61 Å². The highest BCUT2D eigenvalue weighted by molar-refractivity contribution is 6.04. The van der Waals surface area contributed by atoms with Gasteiger partial charge >= 0.3 is 6.43 Å². The van der Waals surface area contributed by atoms with Crippen LogP contribution >= 0.6 is 0 Å². The molecule has 72 valence electrons. The normalized spacial score (nSPS) is 11.1. The van der Waals surface area contributed by atoms with Crippen LogP contribution in [-0.4, -0.2) is 21.8 Å². The fourth-order valence-electron chi connectivity index (χ4n) is 1.24. The molecule has 2 rings (SSSR count). The maximum Gasteiger partial charge on any atom is 0.300 e. The van der Waals surface area contributed by atoms with Crippen molar-refractivity contribution in [1.29, 1.82) is 0 Å². The number of hydrogen-bond donors (Lipinski definition) is 0. The minimum atomic E-state index is -2.98. The summed E-state index contributed by atoms with van der Waals surface area (Å²) in [6, 6.07) is 4.94. The third-order valence-corrected chi connectivity index (χ3v) is 1.89. The minimum Gasteiger partial charge on any atom is -0.288 e. The highest BCUT2D eigenvalue weighted by Crippen LogP contribution is 2.13. The van der Waals surface area contributed by atoms with Gasteiger partial charge in [-0.2, -0.15) is 5.10 Å². The van der Waals surface area contributed by atoms with Gasteiger partial charge in [0.1, 0.15) is 0 Å². The van der Waals surface area contributed by atoms with Gasteiger partial charge in [0.05, 0.1) is 17.3 Å². The zero-order valence-corrected chi connectivity index (χ0v) is 7.02. The van der Waals surface area contributed by atoms with Crippen LogP contribution in [0.15, 0.2) is 30.6 Å². The molecule has 0 aliphatic rings. The number of hydrogen-bond acceptors (Lipinski definition) is 2. The monoisotopic (exact) mass is 196 g/mol. The van der Waals surface area contributed by atoms with E-state index >= 15 is 0 Å². The Balaban J connectivity index is 2.58. The number of rotatable bonds is 2. The topological polar surface area (TPSA) is 34.4 Å². The highest BCUT2D eigenvalue weighted by atomic mass is 19.3. The zero-order chi connectivity index (χ0) is 10.1. The van der Waals surface area contributed by atoms with Crippen molar-refractivity contribution in [2.75, 3.05) is 0 Å². The Morgan fingerprint density at radius 1 is 1.43 bits per heavy atom. The van der Waals surface area contributed by atoms with E-state index in [1.807, 2.05) is 0 Å². The van der Waals surface area contributed by atoms with Crippen LogP contribution in [0.5, 0.6) is 0 Å². The van der Waals surface area contributed by atoms with Crippen LogP contribution in [0.1, 0.15) is 10.4 Å². The number of aromatic nitrogens is 2. The van der Waals surface area contributed by atoms with Crippen molar-refractivity contribution in [2.45, 2.75) is 6.43 Å². The number of pyridine rings is 1. The van der Waals surface area contributed by atoms with Crippen molar-refractivity contribution in [3.63, 3.8) is 0 Å². The molecule has 0 radical (unpaired) electrons. The van der Waals surface area contributed by atoms with E-state index in [-0.39, 0.29) is 5.56 Å². The van der Waals surface area contributed by atoms with Gasteiger partial charge < -0.3 is 0 Å². The molecule has 2 aromatic rings. The lowest BCUT2D eigenvalue weighted by Gasteiger charge is -1.96. The molecule has 2 heterocycles. The van der Waals surface area contributed by atoms with Gasteiger partial charge in [0.15, 0.2) is 0 Å². The Labute approximate surface area is 78.0 Å². The third kappa shape index (κ3) is 1.26. The maximum atomic E-state index is 12.1. The molecule has 0 aliphatic carbocycles. The van der Waals surface area contributed by atoms with Gasteiger partial charge in [0.2, 0.25) is 5.78 Å². The van der Waals surface area contributed by atoms with E-state index in [1.54, 1.807) is 24.4 Å². The summed E-state index contributed by atoms with van der Waals surface area (Å²) >= 11 is 0. The molecule has 0 aromatic carbocycles. The van der Waals surface area contributed by atoms with Gasteiger partial charge in [-0.1, -0.05) is 6.07 Å². The molecule has 3 nitrogen and oxygen atoms in total. The molecule has 0 saturated heterocycles. The fourth-order valence-corrected chi connectivity index (χ4v) is 1.24. The number of carbonyl (C=O) groups excluding carboxylic acids is 1. The molecule has 0 atom stereocenters. The summed E-state index contributed by atoms with van der Waals surface area (Å²) in [5.74, 6) is -1.19. The van der Waals surface area contributed by atoms with Crippen molar-refractivity contribution < 1.29 is 13.6 Å². The van der Waals surface area contributed by atoms with Crippen molar-refractivity contribution in [3.8, 4) is 0 Å². The maximum absolute atomic E-state index is 12.1. The Morgan fingerprint density at radius 3 is 2.93 bits per heavy atom. The Kier molecular flexibility index (Phi) is 1.99. The average Bonchev–Trinajstić information content (AvgIpc) is 2.60. The van der Waals surface area contributed by atoms with Crippen molar-refractivity contribution >= 4 is 11.3 Å². The van der Waals surface area contributed by atoms with Gasteiger partial charge in [-0.3, -0.25) is 4.79 Å². The largest absolute Gasteiger partial charge is 0.300 e. The molecule has 0 bridgehead atoms. The Bertz CT molecular complexity index is 478. The lowest BCUT2D eigenvalue weighted by molar-refractivity contribution is 0.0680. The summed E-state index contributed by atoms with van der Waals surface area (Å²) in [7, 11) is 0. The summed E-state index contributed by atoms with van der Waals surface area (Å²) in [5.41, 5.74) is 0.360. The molecule has 2 aromatic heterocycles. The number of ketones is 1. The summed E-state index contributed by atoms with van der Waals surface area (Å²) < 4.78 is 25.7. The second kappa shape index (κ2) is 3.17. The molecular formula is C9H6F2N2O. The predicted molar refractivity (Wildman–Crippen MR) is 45.5 cm³/mol. The zero-order valence-electron chi connectivity index (χ0n) is 7.02. The summed E-state index contributed by atoms with van der Waals surface area (Å²) in [6.45, 7) is 0. The number of nitrogens with zero attached hydrogens (tertiary/aromatic N) is 2. The number of fused-ring (bicyclic) bond motifs is 1. The number of Topliss-reactive ketones (excluding diaryl/α,β-unsaturated/α-hetero) is 1. The summed E-state index contributed by atoms with van der Waals surface area (Å²) in [6.07, 6.45) is -0.232. The molecule has 0 unspecified atom stereocenters. The first kappa shape index (κ1) is 8.80. The molecule has 0 N–H and O–H groups in total. The van der Waals surface area contributed by atoms with Crippen LogP contribution in [0.4, 0.5) is 8.78 Å². The summed E-state index contributed by atoms with van der Waals surface area (Å²) in [4.78, 5) is 11.0. The van der Waals surface area contributed by atoms with Gasteiger partial charge in [-0.25, -0.2) is 13.3 Å². The lowest BCUT2D eigenvalue weighted by atomic mass is 10.2. The molecule has 0 aliphatic heterocycles. The first-order valence-corrected chi connectivity index (χ1v) is 3.95. The molecule has 0 amide bonds. The van der Waals surface area contributed by atoms with E-state index in [1.165, 1.54) is 4.52 Å². The second-order valence-electron chi connectivity index (χ2n) is 2.75. The van der Waals surface area contributed by atoms with Crippen LogP contribution in [0.2, 0.25) is 0 Å². The molecule has 0 fully saturated rings. The van der Waals surface area contributed by atoms with Gasteiger partial charge in [-0.05, 0) is 12.1 Å². The second-order valence-corrected chi connectivity index (χ2v) is 2.75. The van der Waals surface area contributed by atoms with E-state index in [9.17, 15) is 13.6 Å². The quantitative estimate of drug-likeness (QED) is 0.686. The molecule has 0 saturated carbocycles. The Morgan fingerprint density at radius 2 is 2.21 bits per heavy atom. The third-order valence-electron chi connectivity index (χ3n) is 1.89. The van der Waals surface area contributed by atoms with Crippen LogP contribution in [0, 0.1) is 0 Å². The van der Waals surface area contributed by atoms with Crippen molar-refractivity contribution in [3.05, 3.63) is 36.2 Å². The molecular weight excluding hydrogens is 190 g/mol. The minimum absolute atomic E-state index is 0.0411. The van der Waals surface area contributed by atoms with Crippen LogP contribution < -0.4 is 0 Å². The SMILES string of the molecule is O=C(c1cnn2ccccc12)C(F)F. The fraction of sp³-hybridized carbons (Fsp3) is 0.111. The number of halogens is 2. The van der Waals surface area contributed by atoms with Crippen molar-refractivity contribution in [2.24, 2.45) is 0 Å². The Hall–Kier alpha value is -1.78. The number of carbonyl (C=O) groups is 1. The van der Waals surface area contributed by atoms with Gasteiger partial charge in [0, 0.05) is 6.20 Å². The van der Waals surface area contributed by atoms with E-state index in [4.69, 9.17) is 0 Å². The molecule has 14 heavy (non-hydrogen) atoms. The van der Waals surface area contributed by atoms with Gasteiger partial charge in [0.25, 0.3) is 0 Å². The van der Waals surface area contributed by atoms with Crippen LogP contribution in [0.25, 0.3) is 5.52 Å². The van der Waals surface area contributed by atoms with Crippen LogP contribution in [0.3, 0.4) is 0 Å². The van der Waals surface area contributed by atoms with E-state index in [0.29, 0.717) is 5.52 Å². The molecule has 5 heteroatoms. The highest BCUT2D eigenvalue weighted by Gasteiger charge is 2.21. The van der Waals surface area contributed by atoms with Gasteiger partial charge in [-0.15, -0.1) is 0 Å². The summed E-state index contributed by atoms with van der Waals surface area (Å²) in [5, 5.41) is 3.78.